The third-order valence-electron chi connectivity index (χ3n) is 10.6. The van der Waals surface area contributed by atoms with Gasteiger partial charge in [0.15, 0.2) is 0 Å². The van der Waals surface area contributed by atoms with Gasteiger partial charge in [-0.05, 0) is 99.1 Å². The van der Waals surface area contributed by atoms with Crippen LogP contribution in [-0.2, 0) is 5.41 Å². The number of anilines is 3. The van der Waals surface area contributed by atoms with Gasteiger partial charge in [-0.1, -0.05) is 158 Å². The molecule has 0 N–H and O–H groups in total. The summed E-state index contributed by atoms with van der Waals surface area (Å²) in [5.74, 6) is 0. The second-order valence-electron chi connectivity index (χ2n) is 13.5. The average Bonchev–Trinajstić information content (AvgIpc) is 3.78. The maximum Gasteiger partial charge on any atom is 0.135 e. The highest BCUT2D eigenvalue weighted by Crippen LogP contribution is 2.56. The van der Waals surface area contributed by atoms with Crippen LogP contribution >= 0.6 is 0 Å². The minimum absolute atomic E-state index is 0.171. The zero-order valence-electron chi connectivity index (χ0n) is 30.9. The summed E-state index contributed by atoms with van der Waals surface area (Å²) in [7, 11) is 0. The molecule has 1 aromatic heterocycles. The summed E-state index contributed by atoms with van der Waals surface area (Å²) in [6.45, 7) is 0. The molecule has 1 heterocycles. The molecule has 10 rings (SSSR count). The molecule has 0 spiro atoms. The first kappa shape index (κ1) is 28.8. The summed E-state index contributed by atoms with van der Waals surface area (Å²) in [6.07, 6.45) is 0. The summed E-state index contributed by atoms with van der Waals surface area (Å²) in [6, 6.07) is 69.3. The third kappa shape index (κ3) is 5.11. The number of nitrogens with zero attached hydrogens (tertiary/aromatic N) is 1. The van der Waals surface area contributed by atoms with Crippen molar-refractivity contribution in [1.29, 1.82) is 0 Å². The summed E-state index contributed by atoms with van der Waals surface area (Å²) in [5.41, 5.74) is 12.5. The number of benzene rings is 8. The lowest BCUT2D eigenvalue weighted by Crippen LogP contribution is -2.28. The highest BCUT2D eigenvalue weighted by atomic mass is 16.3. The molecule has 0 saturated carbocycles. The fourth-order valence-corrected chi connectivity index (χ4v) is 8.24. The molecular weight excluding hydrogens is 643 g/mol. The molecule has 0 atom stereocenters. The number of para-hydroxylation sites is 2. The van der Waals surface area contributed by atoms with Gasteiger partial charge in [0.2, 0.25) is 0 Å². The Morgan fingerprint density at radius 3 is 1.72 bits per heavy atom. The van der Waals surface area contributed by atoms with Gasteiger partial charge in [0.1, 0.15) is 11.2 Å². The second kappa shape index (κ2) is 12.7. The van der Waals surface area contributed by atoms with Crippen LogP contribution in [0.15, 0.2) is 205 Å². The third-order valence-corrected chi connectivity index (χ3v) is 10.6. The fourth-order valence-electron chi connectivity index (χ4n) is 8.24. The summed E-state index contributed by atoms with van der Waals surface area (Å²) >= 11 is 0. The first-order valence-electron chi connectivity index (χ1n) is 19.0. The van der Waals surface area contributed by atoms with E-state index in [0.29, 0.717) is 11.1 Å². The Morgan fingerprint density at radius 1 is 0.415 bits per heavy atom. The molecule has 0 aliphatic heterocycles. The molecule has 0 amide bonds. The van der Waals surface area contributed by atoms with E-state index >= 15 is 0 Å². The van der Waals surface area contributed by atoms with E-state index in [9.17, 15) is 2.74 Å². The lowest BCUT2D eigenvalue weighted by molar-refractivity contribution is 0.669. The summed E-state index contributed by atoms with van der Waals surface area (Å²) < 4.78 is 24.9. The predicted molar refractivity (Wildman–Crippen MR) is 221 cm³/mol. The van der Waals surface area contributed by atoms with Crippen LogP contribution < -0.4 is 4.90 Å². The maximum absolute atomic E-state index is 9.43. The van der Waals surface area contributed by atoms with Crippen LogP contribution in [0.2, 0.25) is 0 Å². The van der Waals surface area contributed by atoms with Crippen molar-refractivity contribution in [3.63, 3.8) is 0 Å². The van der Waals surface area contributed by atoms with Crippen molar-refractivity contribution >= 4 is 51.1 Å². The molecule has 0 unspecified atom stereocenters. The number of hydrogen-bond donors (Lipinski definition) is 0. The molecule has 1 aliphatic carbocycles. The van der Waals surface area contributed by atoms with E-state index < -0.39 is 5.41 Å². The minimum Gasteiger partial charge on any atom is -0.456 e. The quantitative estimate of drug-likeness (QED) is 0.156. The van der Waals surface area contributed by atoms with Gasteiger partial charge in [0, 0.05) is 27.8 Å². The highest BCUT2D eigenvalue weighted by Gasteiger charge is 2.45. The van der Waals surface area contributed by atoms with Crippen molar-refractivity contribution in [2.24, 2.45) is 0 Å². The zero-order chi connectivity index (χ0) is 36.9. The first-order chi connectivity index (χ1) is 27.1. The Labute approximate surface area is 312 Å². The SMILES string of the molecule is [2H]/C(=C(/[2H])c1ccc2c(c1)C(c1ccccc1)(c1ccccc1)c1ccccc1-2)c1ccc(N(c2ccccc2)c2ccc3oc4ccccc4c3c2)cc1. The smallest absolute Gasteiger partial charge is 0.135 e. The van der Waals surface area contributed by atoms with Gasteiger partial charge in [-0.3, -0.25) is 0 Å². The Balaban J connectivity index is 1.07. The van der Waals surface area contributed by atoms with Crippen molar-refractivity contribution in [2.45, 2.75) is 5.41 Å². The molecule has 1 aliphatic rings. The molecule has 0 saturated heterocycles. The summed E-state index contributed by atoms with van der Waals surface area (Å²) in [5, 5.41) is 2.14. The fraction of sp³-hybridized carbons (Fsp3) is 0.0196. The lowest BCUT2D eigenvalue weighted by atomic mass is 9.67. The van der Waals surface area contributed by atoms with Crippen LogP contribution in [0, 0.1) is 0 Å². The van der Waals surface area contributed by atoms with Crippen LogP contribution in [-0.4, -0.2) is 0 Å². The van der Waals surface area contributed by atoms with Gasteiger partial charge in [-0.15, -0.1) is 0 Å². The van der Waals surface area contributed by atoms with Gasteiger partial charge >= 0.3 is 0 Å². The molecule has 8 aromatic carbocycles. The van der Waals surface area contributed by atoms with Crippen molar-refractivity contribution < 1.29 is 7.16 Å². The molecule has 250 valence electrons. The van der Waals surface area contributed by atoms with Crippen LogP contribution in [0.4, 0.5) is 17.1 Å². The molecule has 0 radical (unpaired) electrons. The standard InChI is InChI=1S/C51H35NO/c1-4-14-38(15-5-1)51(39-16-6-2-7-17-39)47-22-12-10-20-43(47)44-32-28-37(34-48(44)51)25-24-36-26-29-41(30-27-36)52(40-18-8-3-9-19-40)42-31-33-50-46(35-42)45-21-11-13-23-49(45)53-50/h1-35H/b25-24+/i24D,25D. The van der Waals surface area contributed by atoms with Crippen molar-refractivity contribution in [3.05, 3.63) is 234 Å². The highest BCUT2D eigenvalue weighted by molar-refractivity contribution is 6.06. The topological polar surface area (TPSA) is 16.4 Å². The minimum atomic E-state index is -0.568. The number of furan rings is 1. The monoisotopic (exact) mass is 679 g/mol. The van der Waals surface area contributed by atoms with Gasteiger partial charge in [-0.25, -0.2) is 0 Å². The number of fused-ring (bicyclic) bond motifs is 6. The molecule has 9 aromatic rings. The Kier molecular flexibility index (Phi) is 6.89. The second-order valence-corrected chi connectivity index (χ2v) is 13.5. The summed E-state index contributed by atoms with van der Waals surface area (Å²) in [4.78, 5) is 2.21. The van der Waals surface area contributed by atoms with Crippen LogP contribution in [0.5, 0.6) is 0 Å². The zero-order valence-corrected chi connectivity index (χ0v) is 28.9. The van der Waals surface area contributed by atoms with Crippen molar-refractivity contribution in [3.8, 4) is 11.1 Å². The molecule has 53 heavy (non-hydrogen) atoms. The van der Waals surface area contributed by atoms with Gasteiger partial charge in [-0.2, -0.15) is 0 Å². The Morgan fingerprint density at radius 2 is 0.962 bits per heavy atom. The van der Waals surface area contributed by atoms with Gasteiger partial charge in [0.05, 0.1) is 8.16 Å². The van der Waals surface area contributed by atoms with Crippen LogP contribution in [0.1, 0.15) is 36.1 Å². The number of hydrogen-bond acceptors (Lipinski definition) is 2. The molecule has 2 heteroatoms. The normalized spacial score (nSPS) is 13.9. The molecule has 0 bridgehead atoms. The van der Waals surface area contributed by atoms with Crippen molar-refractivity contribution in [1.82, 2.24) is 0 Å². The average molecular weight is 680 g/mol. The van der Waals surface area contributed by atoms with E-state index in [1.165, 1.54) is 22.3 Å². The van der Waals surface area contributed by atoms with E-state index in [1.807, 2.05) is 72.8 Å². The molecule has 2 nitrogen and oxygen atoms in total. The van der Waals surface area contributed by atoms with E-state index in [-0.39, 0.29) is 12.1 Å². The van der Waals surface area contributed by atoms with Crippen LogP contribution in [0.3, 0.4) is 0 Å². The van der Waals surface area contributed by atoms with E-state index in [2.05, 4.69) is 132 Å². The van der Waals surface area contributed by atoms with Gasteiger partial charge < -0.3 is 9.32 Å². The molecular formula is C51H35NO. The first-order valence-corrected chi connectivity index (χ1v) is 18.0. The predicted octanol–water partition coefficient (Wildman–Crippen LogP) is 13.6. The Hall–Kier alpha value is -6.90. The van der Waals surface area contributed by atoms with E-state index in [4.69, 9.17) is 4.42 Å². The van der Waals surface area contributed by atoms with Crippen molar-refractivity contribution in [2.75, 3.05) is 4.90 Å². The van der Waals surface area contributed by atoms with Crippen LogP contribution in [0.25, 0.3) is 45.2 Å². The largest absolute Gasteiger partial charge is 0.456 e. The van der Waals surface area contributed by atoms with E-state index in [0.717, 1.165) is 50.1 Å². The lowest BCUT2D eigenvalue weighted by Gasteiger charge is -2.34. The number of rotatable bonds is 7. The maximum atomic E-state index is 9.43. The van der Waals surface area contributed by atoms with E-state index in [1.54, 1.807) is 0 Å². The Bertz CT molecular complexity index is 2840. The molecule has 0 fully saturated rings. The van der Waals surface area contributed by atoms with Gasteiger partial charge in [0.25, 0.3) is 0 Å².